The van der Waals surface area contributed by atoms with Gasteiger partial charge in [0.1, 0.15) is 0 Å². The van der Waals surface area contributed by atoms with Crippen molar-refractivity contribution in [3.05, 3.63) is 30.3 Å². The first-order valence-electron chi connectivity index (χ1n) is 5.17. The van der Waals surface area contributed by atoms with Crippen LogP contribution < -0.4 is 5.73 Å². The molecule has 0 fully saturated rings. The van der Waals surface area contributed by atoms with Gasteiger partial charge < -0.3 is 5.73 Å². The van der Waals surface area contributed by atoms with Gasteiger partial charge in [-0.05, 0) is 18.1 Å². The maximum Gasteiger partial charge on any atom is 0.0159 e. The van der Waals surface area contributed by atoms with E-state index in [-0.39, 0.29) is 0 Å². The van der Waals surface area contributed by atoms with Gasteiger partial charge in [0.05, 0.1) is 0 Å². The minimum absolute atomic E-state index is 0.310. The molecule has 0 aliphatic rings. The van der Waals surface area contributed by atoms with Gasteiger partial charge in [0.15, 0.2) is 0 Å². The van der Waals surface area contributed by atoms with Crippen molar-refractivity contribution < 1.29 is 0 Å². The third-order valence-corrected chi connectivity index (χ3v) is 3.72. The topological polar surface area (TPSA) is 26.0 Å². The van der Waals surface area contributed by atoms with Crippen molar-refractivity contribution in [1.29, 1.82) is 0 Å². The average molecular weight is 209 g/mol. The second-order valence-corrected chi connectivity index (χ2v) is 4.77. The Morgan fingerprint density at radius 3 is 2.50 bits per heavy atom. The quantitative estimate of drug-likeness (QED) is 0.754. The van der Waals surface area contributed by atoms with E-state index < -0.39 is 0 Å². The van der Waals surface area contributed by atoms with Crippen LogP contribution in [-0.4, -0.2) is 11.8 Å². The highest BCUT2D eigenvalue weighted by Gasteiger charge is 2.10. The number of nitrogens with two attached hydrogens (primary N) is 1. The van der Waals surface area contributed by atoms with Gasteiger partial charge in [-0.3, -0.25) is 0 Å². The second-order valence-electron chi connectivity index (χ2n) is 3.67. The minimum Gasteiger partial charge on any atom is -0.327 e. The molecule has 0 saturated heterocycles. The van der Waals surface area contributed by atoms with Gasteiger partial charge in [0.25, 0.3) is 0 Å². The van der Waals surface area contributed by atoms with Crippen molar-refractivity contribution in [2.75, 3.05) is 5.75 Å². The van der Waals surface area contributed by atoms with Crippen LogP contribution in [0.25, 0.3) is 0 Å². The number of hydrogen-bond acceptors (Lipinski definition) is 2. The van der Waals surface area contributed by atoms with Crippen LogP contribution in [0.15, 0.2) is 35.2 Å². The molecule has 0 saturated carbocycles. The second kappa shape index (κ2) is 6.10. The maximum atomic E-state index is 6.05. The Morgan fingerprint density at radius 2 is 1.93 bits per heavy atom. The number of benzene rings is 1. The fourth-order valence-corrected chi connectivity index (χ4v) is 2.24. The van der Waals surface area contributed by atoms with Gasteiger partial charge in [-0.25, -0.2) is 0 Å². The van der Waals surface area contributed by atoms with E-state index in [1.165, 1.54) is 4.90 Å². The van der Waals surface area contributed by atoms with E-state index in [1.54, 1.807) is 0 Å². The SMILES string of the molecule is CC[C@H](C)[C@H](N)CSc1ccccc1. The van der Waals surface area contributed by atoms with Crippen LogP contribution in [0.1, 0.15) is 20.3 Å². The molecular formula is C12H19NS. The molecule has 0 bridgehead atoms. The highest BCUT2D eigenvalue weighted by Crippen LogP contribution is 2.20. The zero-order valence-electron chi connectivity index (χ0n) is 8.94. The third kappa shape index (κ3) is 3.72. The molecule has 2 N–H and O–H groups in total. The number of thioether (sulfide) groups is 1. The Balaban J connectivity index is 2.34. The van der Waals surface area contributed by atoms with E-state index in [1.807, 2.05) is 17.8 Å². The summed E-state index contributed by atoms with van der Waals surface area (Å²) >= 11 is 1.85. The summed E-state index contributed by atoms with van der Waals surface area (Å²) in [6.45, 7) is 4.41. The lowest BCUT2D eigenvalue weighted by atomic mass is 10.0. The molecule has 0 aromatic heterocycles. The monoisotopic (exact) mass is 209 g/mol. The van der Waals surface area contributed by atoms with Crippen LogP contribution in [0.3, 0.4) is 0 Å². The van der Waals surface area contributed by atoms with Gasteiger partial charge in [-0.2, -0.15) is 0 Å². The first-order valence-corrected chi connectivity index (χ1v) is 6.16. The Morgan fingerprint density at radius 1 is 1.29 bits per heavy atom. The summed E-state index contributed by atoms with van der Waals surface area (Å²) in [5, 5.41) is 0. The molecule has 1 aromatic rings. The Hall–Kier alpha value is -0.470. The molecule has 1 aromatic carbocycles. The van der Waals surface area contributed by atoms with Crippen molar-refractivity contribution in [3.63, 3.8) is 0 Å². The fourth-order valence-electron chi connectivity index (χ4n) is 1.18. The summed E-state index contributed by atoms with van der Waals surface area (Å²) in [5.41, 5.74) is 6.05. The standard InChI is InChI=1S/C12H19NS/c1-3-10(2)12(13)9-14-11-7-5-4-6-8-11/h4-8,10,12H,3,9,13H2,1-2H3/t10-,12+/m0/s1. The number of rotatable bonds is 5. The average Bonchev–Trinajstić information content (AvgIpc) is 2.26. The molecule has 0 unspecified atom stereocenters. The van der Waals surface area contributed by atoms with Crippen molar-refractivity contribution in [2.45, 2.75) is 31.2 Å². The van der Waals surface area contributed by atoms with E-state index in [0.29, 0.717) is 12.0 Å². The molecule has 1 nitrogen and oxygen atoms in total. The molecule has 0 heterocycles. The van der Waals surface area contributed by atoms with E-state index in [4.69, 9.17) is 5.73 Å². The smallest absolute Gasteiger partial charge is 0.0159 e. The normalized spacial score (nSPS) is 15.1. The summed E-state index contributed by atoms with van der Waals surface area (Å²) in [6, 6.07) is 10.7. The first kappa shape index (κ1) is 11.6. The Bertz CT molecular complexity index is 248. The summed E-state index contributed by atoms with van der Waals surface area (Å²) in [6.07, 6.45) is 1.16. The van der Waals surface area contributed by atoms with Gasteiger partial charge in [0, 0.05) is 16.7 Å². The van der Waals surface area contributed by atoms with Crippen LogP contribution in [-0.2, 0) is 0 Å². The lowest BCUT2D eigenvalue weighted by Gasteiger charge is -2.17. The minimum atomic E-state index is 0.310. The molecule has 0 spiro atoms. The van der Waals surface area contributed by atoms with Gasteiger partial charge in [0.2, 0.25) is 0 Å². The first-order chi connectivity index (χ1) is 6.74. The summed E-state index contributed by atoms with van der Waals surface area (Å²) < 4.78 is 0. The molecule has 0 amide bonds. The van der Waals surface area contributed by atoms with E-state index in [2.05, 4.69) is 38.1 Å². The molecule has 78 valence electrons. The molecule has 0 aliphatic carbocycles. The van der Waals surface area contributed by atoms with Crippen LogP contribution in [0.4, 0.5) is 0 Å². The molecular weight excluding hydrogens is 190 g/mol. The van der Waals surface area contributed by atoms with Crippen molar-refractivity contribution in [1.82, 2.24) is 0 Å². The van der Waals surface area contributed by atoms with E-state index in [9.17, 15) is 0 Å². The summed E-state index contributed by atoms with van der Waals surface area (Å²) in [4.78, 5) is 1.31. The van der Waals surface area contributed by atoms with Crippen molar-refractivity contribution in [3.8, 4) is 0 Å². The van der Waals surface area contributed by atoms with Gasteiger partial charge in [-0.15, -0.1) is 11.8 Å². The highest BCUT2D eigenvalue weighted by atomic mass is 32.2. The predicted molar refractivity (Wildman–Crippen MR) is 64.6 cm³/mol. The predicted octanol–water partition coefficient (Wildman–Crippen LogP) is 3.15. The lowest BCUT2D eigenvalue weighted by Crippen LogP contribution is -2.30. The number of hydrogen-bond donors (Lipinski definition) is 1. The molecule has 2 heteroatoms. The van der Waals surface area contributed by atoms with Crippen LogP contribution in [0.2, 0.25) is 0 Å². The highest BCUT2D eigenvalue weighted by molar-refractivity contribution is 7.99. The van der Waals surface area contributed by atoms with Crippen molar-refractivity contribution in [2.24, 2.45) is 11.7 Å². The summed E-state index contributed by atoms with van der Waals surface area (Å²) in [7, 11) is 0. The molecule has 2 atom stereocenters. The van der Waals surface area contributed by atoms with Crippen LogP contribution in [0, 0.1) is 5.92 Å². The lowest BCUT2D eigenvalue weighted by molar-refractivity contribution is 0.475. The fraction of sp³-hybridized carbons (Fsp3) is 0.500. The van der Waals surface area contributed by atoms with Crippen LogP contribution in [0.5, 0.6) is 0 Å². The molecule has 14 heavy (non-hydrogen) atoms. The Kier molecular flexibility index (Phi) is 5.05. The van der Waals surface area contributed by atoms with Gasteiger partial charge in [-0.1, -0.05) is 38.5 Å². The van der Waals surface area contributed by atoms with E-state index >= 15 is 0 Å². The van der Waals surface area contributed by atoms with Crippen LogP contribution >= 0.6 is 11.8 Å². The zero-order chi connectivity index (χ0) is 10.4. The maximum absolute atomic E-state index is 6.05. The van der Waals surface area contributed by atoms with Crippen molar-refractivity contribution >= 4 is 11.8 Å². The molecule has 1 rings (SSSR count). The Labute approximate surface area is 91.1 Å². The van der Waals surface area contributed by atoms with Gasteiger partial charge >= 0.3 is 0 Å². The third-order valence-electron chi connectivity index (χ3n) is 2.56. The molecule has 0 aliphatic heterocycles. The largest absolute Gasteiger partial charge is 0.327 e. The summed E-state index contributed by atoms with van der Waals surface area (Å²) in [5.74, 6) is 1.63. The van der Waals surface area contributed by atoms with E-state index in [0.717, 1.165) is 12.2 Å². The zero-order valence-corrected chi connectivity index (χ0v) is 9.76. The molecule has 0 radical (unpaired) electrons.